The minimum absolute atomic E-state index is 0.108. The molecule has 3 amide bonds. The highest BCUT2D eigenvalue weighted by Crippen LogP contribution is 2.47. The lowest BCUT2D eigenvalue weighted by Crippen LogP contribution is -2.58. The molecule has 0 bridgehead atoms. The van der Waals surface area contributed by atoms with Gasteiger partial charge in [0.25, 0.3) is 11.1 Å². The number of carbonyl (C=O) groups excluding carboxylic acids is 3. The van der Waals surface area contributed by atoms with Gasteiger partial charge >= 0.3 is 0 Å². The lowest BCUT2D eigenvalue weighted by molar-refractivity contribution is -0.140. The van der Waals surface area contributed by atoms with Gasteiger partial charge in [-0.2, -0.15) is 0 Å². The Morgan fingerprint density at radius 2 is 1.86 bits per heavy atom. The van der Waals surface area contributed by atoms with Crippen LogP contribution >= 0.6 is 34.5 Å². The van der Waals surface area contributed by atoms with Crippen LogP contribution < -0.4 is 20.1 Å². The zero-order chi connectivity index (χ0) is 35.3. The third-order valence-corrected chi connectivity index (χ3v) is 13.7. The van der Waals surface area contributed by atoms with E-state index in [2.05, 4.69) is 20.3 Å². The number of nitrogens with zero attached hydrogens (tertiary/aromatic N) is 2. The highest BCUT2D eigenvalue weighted by Gasteiger charge is 2.63. The van der Waals surface area contributed by atoms with Crippen molar-refractivity contribution in [2.75, 3.05) is 11.9 Å². The number of para-hydroxylation sites is 1. The highest BCUT2D eigenvalue weighted by atomic mass is 35.5. The Labute approximate surface area is 305 Å². The number of anilines is 1. The Morgan fingerprint density at radius 3 is 2.60 bits per heavy atom. The predicted molar refractivity (Wildman–Crippen MR) is 194 cm³/mol. The molecule has 3 fully saturated rings. The first-order chi connectivity index (χ1) is 23.9. The monoisotopic (exact) mass is 759 g/mol. The minimum atomic E-state index is -3.95. The summed E-state index contributed by atoms with van der Waals surface area (Å²) in [7, 11) is -3.95. The fourth-order valence-electron chi connectivity index (χ4n) is 6.83. The minimum Gasteiger partial charge on any atom is -0.465 e. The largest absolute Gasteiger partial charge is 0.465 e. The number of carbonyl (C=O) groups is 3. The molecule has 0 spiro atoms. The molecule has 0 radical (unpaired) electrons. The average molecular weight is 761 g/mol. The molecule has 2 aliphatic heterocycles. The van der Waals surface area contributed by atoms with Gasteiger partial charge in [0.15, 0.2) is 0 Å². The van der Waals surface area contributed by atoms with E-state index in [9.17, 15) is 22.8 Å². The van der Waals surface area contributed by atoms with Gasteiger partial charge in [-0.15, -0.1) is 0 Å². The number of ether oxygens (including phenoxy) is 1. The van der Waals surface area contributed by atoms with Gasteiger partial charge in [-0.25, -0.2) is 13.4 Å². The fourth-order valence-corrected chi connectivity index (χ4v) is 9.55. The second-order valence-electron chi connectivity index (χ2n) is 14.0. The second kappa shape index (κ2) is 13.6. The van der Waals surface area contributed by atoms with E-state index in [0.29, 0.717) is 40.2 Å². The molecule has 266 valence electrons. The van der Waals surface area contributed by atoms with E-state index in [4.69, 9.17) is 27.9 Å². The van der Waals surface area contributed by atoms with Gasteiger partial charge in [0.2, 0.25) is 21.8 Å². The van der Waals surface area contributed by atoms with E-state index in [1.807, 2.05) is 36.4 Å². The molecule has 50 heavy (non-hydrogen) atoms. The molecule has 1 saturated heterocycles. The maximum absolute atomic E-state index is 14.5. The summed E-state index contributed by atoms with van der Waals surface area (Å²) in [5.74, 6) is -2.00. The lowest BCUT2D eigenvalue weighted by atomic mass is 10.0. The standard InChI is InChI=1S/C35H39Cl2N5O6S2/c1-34(13-14-34)50(46,47)41-32(45)35-19-21(35)9-5-3-2-4-6-11-27(38-24-16-22(36)15-23(37)17-24)31(44)42-20-25(18-28(42)30(43)40-35)48-33-39-26-10-7-8-12-29(26)49-33/h5,7-10,12,15-17,21,25,27-28,38H,2-4,6,11,13-14,18-20H2,1H3,(H,40,43)(H,41,45)/b9-5-/t21-,25+,27-,28-,35+/m0/s1. The van der Waals surface area contributed by atoms with Crippen molar-refractivity contribution in [3.05, 3.63) is 64.7 Å². The Bertz CT molecular complexity index is 1910. The molecule has 1 aromatic heterocycles. The summed E-state index contributed by atoms with van der Waals surface area (Å²) in [6.07, 6.45) is 8.33. The molecule has 3 heterocycles. The number of halogens is 2. The molecule has 3 aromatic rings. The number of sulfonamides is 1. The molecule has 2 aromatic carbocycles. The van der Waals surface area contributed by atoms with Crippen molar-refractivity contribution >= 4 is 78.2 Å². The summed E-state index contributed by atoms with van der Waals surface area (Å²) < 4.78 is 34.7. The molecule has 0 unspecified atom stereocenters. The van der Waals surface area contributed by atoms with Crippen molar-refractivity contribution in [2.45, 2.75) is 93.2 Å². The maximum Gasteiger partial charge on any atom is 0.274 e. The van der Waals surface area contributed by atoms with Crippen LogP contribution in [0, 0.1) is 5.92 Å². The van der Waals surface area contributed by atoms with Crippen LogP contribution in [-0.2, 0) is 24.4 Å². The molecule has 2 saturated carbocycles. The van der Waals surface area contributed by atoms with Crippen LogP contribution in [0.25, 0.3) is 10.2 Å². The molecule has 3 N–H and O–H groups in total. The number of amides is 3. The number of aromatic nitrogens is 1. The smallest absolute Gasteiger partial charge is 0.274 e. The number of hydrogen-bond donors (Lipinski definition) is 3. The van der Waals surface area contributed by atoms with E-state index in [-0.39, 0.29) is 31.2 Å². The molecular weight excluding hydrogens is 721 g/mol. The number of hydrogen-bond acceptors (Lipinski definition) is 9. The molecule has 4 aliphatic rings. The zero-order valence-corrected chi connectivity index (χ0v) is 30.6. The van der Waals surface area contributed by atoms with Gasteiger partial charge < -0.3 is 20.3 Å². The van der Waals surface area contributed by atoms with E-state index < -0.39 is 50.3 Å². The SMILES string of the molecule is CC1(S(=O)(=O)NC(=O)[C@@]23C[C@@H]2/C=C\CCCCC[C@H](Nc2cc(Cl)cc(Cl)c2)C(=O)N2C[C@H](Oc4nc5ccccc5s4)C[C@H]2C(=O)N3)CC1. The summed E-state index contributed by atoms with van der Waals surface area (Å²) in [5.41, 5.74) is -0.0947. The predicted octanol–water partition coefficient (Wildman–Crippen LogP) is 5.83. The Kier molecular flexibility index (Phi) is 9.55. The van der Waals surface area contributed by atoms with E-state index in [1.54, 1.807) is 25.1 Å². The third kappa shape index (κ3) is 7.19. The van der Waals surface area contributed by atoms with Crippen LogP contribution in [0.4, 0.5) is 5.69 Å². The summed E-state index contributed by atoms with van der Waals surface area (Å²) in [5, 5.41) is 7.50. The summed E-state index contributed by atoms with van der Waals surface area (Å²) >= 11 is 14.0. The maximum atomic E-state index is 14.5. The normalized spacial score (nSPS) is 28.7. The third-order valence-electron chi connectivity index (χ3n) is 10.2. The number of allylic oxidation sites excluding steroid dienone is 1. The van der Waals surface area contributed by atoms with Crippen LogP contribution in [-0.4, -0.2) is 71.0 Å². The highest BCUT2D eigenvalue weighted by molar-refractivity contribution is 7.91. The van der Waals surface area contributed by atoms with Crippen LogP contribution in [0.5, 0.6) is 5.19 Å². The topological polar surface area (TPSA) is 147 Å². The molecule has 2 aliphatic carbocycles. The number of benzene rings is 2. The van der Waals surface area contributed by atoms with E-state index in [0.717, 1.165) is 35.9 Å². The van der Waals surface area contributed by atoms with E-state index in [1.165, 1.54) is 16.2 Å². The second-order valence-corrected chi connectivity index (χ2v) is 18.1. The van der Waals surface area contributed by atoms with Crippen LogP contribution in [0.1, 0.15) is 64.7 Å². The van der Waals surface area contributed by atoms with Gasteiger partial charge in [-0.1, -0.05) is 71.7 Å². The summed E-state index contributed by atoms with van der Waals surface area (Å²) in [4.78, 5) is 48.7. The van der Waals surface area contributed by atoms with Gasteiger partial charge in [0.1, 0.15) is 23.7 Å². The molecule has 11 nitrogen and oxygen atoms in total. The number of fused-ring (bicyclic) bond motifs is 3. The van der Waals surface area contributed by atoms with Crippen molar-refractivity contribution in [2.24, 2.45) is 5.92 Å². The van der Waals surface area contributed by atoms with Gasteiger partial charge in [0.05, 0.1) is 21.5 Å². The first kappa shape index (κ1) is 35.0. The Hall–Kier alpha value is -3.39. The van der Waals surface area contributed by atoms with Crippen molar-refractivity contribution in [3.63, 3.8) is 0 Å². The average Bonchev–Trinajstić information content (AvgIpc) is 3.86. The lowest BCUT2D eigenvalue weighted by Gasteiger charge is -2.30. The van der Waals surface area contributed by atoms with Gasteiger partial charge in [-0.05, 0) is 75.8 Å². The molecule has 7 rings (SSSR count). The first-order valence-corrected chi connectivity index (χ1v) is 20.0. The quantitative estimate of drug-likeness (QED) is 0.255. The van der Waals surface area contributed by atoms with Gasteiger partial charge in [0, 0.05) is 28.1 Å². The van der Waals surface area contributed by atoms with Crippen LogP contribution in [0.15, 0.2) is 54.6 Å². The molecule has 15 heteroatoms. The van der Waals surface area contributed by atoms with Crippen LogP contribution in [0.2, 0.25) is 10.0 Å². The van der Waals surface area contributed by atoms with Crippen molar-refractivity contribution < 1.29 is 27.5 Å². The Balaban J connectivity index is 1.19. The summed E-state index contributed by atoms with van der Waals surface area (Å²) in [6, 6.07) is 10.9. The van der Waals surface area contributed by atoms with Gasteiger partial charge in [-0.3, -0.25) is 19.1 Å². The Morgan fingerprint density at radius 1 is 1.10 bits per heavy atom. The molecule has 5 atom stereocenters. The van der Waals surface area contributed by atoms with E-state index >= 15 is 0 Å². The zero-order valence-electron chi connectivity index (χ0n) is 27.5. The van der Waals surface area contributed by atoms with Crippen molar-refractivity contribution in [3.8, 4) is 5.19 Å². The number of rotatable bonds is 7. The molecular formula is C35H39Cl2N5O6S2. The number of nitrogens with one attached hydrogen (secondary N) is 3. The van der Waals surface area contributed by atoms with Crippen molar-refractivity contribution in [1.82, 2.24) is 19.9 Å². The van der Waals surface area contributed by atoms with Crippen molar-refractivity contribution in [1.29, 1.82) is 0 Å². The van der Waals surface area contributed by atoms with Crippen LogP contribution in [0.3, 0.4) is 0 Å². The fraction of sp³-hybridized carbons (Fsp3) is 0.486. The first-order valence-electron chi connectivity index (χ1n) is 17.0. The summed E-state index contributed by atoms with van der Waals surface area (Å²) in [6.45, 7) is 1.71. The number of thiazole rings is 1.